The van der Waals surface area contributed by atoms with Crippen LogP contribution in [0.1, 0.15) is 92.7 Å². The Hall–Kier alpha value is -14.9. The van der Waals surface area contributed by atoms with Gasteiger partial charge in [-0.25, -0.2) is 0 Å². The lowest BCUT2D eigenvalue weighted by atomic mass is 10.1. The number of thiocarbonyl (C=S) groups is 6. The smallest absolute Gasteiger partial charge is 0.200 e. The summed E-state index contributed by atoms with van der Waals surface area (Å²) in [5, 5.41) is 296. The normalized spacial score (nSPS) is 11.4. The van der Waals surface area contributed by atoms with Crippen LogP contribution in [0.5, 0.6) is 172 Å². The molecule has 0 saturated carbocycles. The summed E-state index contributed by atoms with van der Waals surface area (Å²) in [5.41, 5.74) is 6.67. The molecule has 36 nitrogen and oxygen atoms in total. The second-order valence-electron chi connectivity index (χ2n) is 31.1. The Morgan fingerprint density at radius 3 is 0.878 bits per heavy atom. The molecular formula is C100H92Br5ClN6O30S6. The van der Waals surface area contributed by atoms with E-state index >= 15 is 0 Å². The van der Waals surface area contributed by atoms with E-state index in [0.717, 1.165) is 0 Å². The quantitative estimate of drug-likeness (QED) is 0.0152. The van der Waals surface area contributed by atoms with Crippen molar-refractivity contribution in [2.75, 3.05) is 14.1 Å². The number of nitrogens with one attached hydrogen (secondary N) is 4. The highest BCUT2D eigenvalue weighted by molar-refractivity contribution is 9.11. The van der Waals surface area contributed by atoms with E-state index in [2.05, 4.69) is 101 Å². The molecule has 780 valence electrons. The molecule has 2 unspecified atom stereocenters. The van der Waals surface area contributed by atoms with Crippen LogP contribution in [0.25, 0.3) is 36.5 Å². The van der Waals surface area contributed by atoms with Gasteiger partial charge in [0.15, 0.2) is 167 Å². The zero-order chi connectivity index (χ0) is 111. The molecule has 0 aliphatic rings. The number of benzene rings is 12. The molecule has 0 bridgehead atoms. The van der Waals surface area contributed by atoms with Crippen molar-refractivity contribution in [3.63, 3.8) is 0 Å². The molecule has 0 aliphatic heterocycles. The predicted octanol–water partition coefficient (Wildman–Crippen LogP) is 20.3. The van der Waals surface area contributed by atoms with Gasteiger partial charge in [0.05, 0.1) is 47.3 Å². The average molecular weight is 2490 g/mol. The van der Waals surface area contributed by atoms with Crippen LogP contribution in [-0.4, -0.2) is 207 Å². The van der Waals surface area contributed by atoms with Crippen LogP contribution in [0.4, 0.5) is 0 Å². The van der Waals surface area contributed by atoms with Gasteiger partial charge in [-0.1, -0.05) is 121 Å². The van der Waals surface area contributed by atoms with E-state index in [1.165, 1.54) is 121 Å². The minimum Gasteiger partial charge on any atom is -0.504 e. The molecule has 0 aromatic heterocycles. The highest BCUT2D eigenvalue weighted by atomic mass is 79.9. The van der Waals surface area contributed by atoms with Crippen LogP contribution in [-0.2, 0) is 26.2 Å². The number of phenolic OH excluding ortho intramolecular Hbond substituents is 30. The van der Waals surface area contributed by atoms with Gasteiger partial charge >= 0.3 is 0 Å². The number of likely N-dealkylation sites (N-methyl/N-ethyl adjacent to an activating group) is 2. The molecule has 2 atom stereocenters. The molecule has 0 heterocycles. The number of nitrogens with zero attached hydrogens (tertiary/aromatic N) is 2. The molecule has 0 aliphatic carbocycles. The number of halogens is 6. The highest BCUT2D eigenvalue weighted by Crippen LogP contribution is 2.46. The van der Waals surface area contributed by atoms with Crippen molar-refractivity contribution in [1.29, 1.82) is 0 Å². The highest BCUT2D eigenvalue weighted by Gasteiger charge is 2.22. The summed E-state index contributed by atoms with van der Waals surface area (Å²) in [5.74, 6) is -11.6. The second kappa shape index (κ2) is 55.0. The van der Waals surface area contributed by atoms with Crippen molar-refractivity contribution >= 4 is 231 Å². The van der Waals surface area contributed by atoms with Crippen LogP contribution < -0.4 is 21.3 Å². The van der Waals surface area contributed by atoms with Crippen LogP contribution in [0.2, 0.25) is 5.02 Å². The van der Waals surface area contributed by atoms with E-state index in [1.54, 1.807) is 135 Å². The number of rotatable bonds is 24. The molecule has 12 rings (SSSR count). The standard InChI is InChI=1S/4C17H16BrNO5S.C16H14BrNO5S.C16H14ClNO5S/c2*1-8(10-6-12(21)16(23)13(22)7-10)19-14(25)5-3-9-2-4-11(20)17(24)15(9)18;2*1-19(8-10-6-13(21)17(24)14(22)7-10)15(25)3-2-9-4-11(18)16(23)12(20)5-9;17-10-5-8(6-12(20)15(10)22)1-4-13(24)18-7-9-2-3-11(19)16(23)14(9)21;17-14-9(1-3-10(19)16(14)23)2-4-13(24)18-7-8-5-11(20)15(22)12(21)6-8/h2*2-8,20-24H,1H3,(H,19,25);2*2-7,20-24H,8H2,1H3;2*1-6,19-23H,7H2,(H,18,24)/b2*5-3+;2*3-2+;4-1+;4-2+. The molecule has 12 aromatic rings. The Kier molecular flexibility index (Phi) is 44.7. The van der Waals surface area contributed by atoms with Crippen LogP contribution in [0.3, 0.4) is 0 Å². The summed E-state index contributed by atoms with van der Waals surface area (Å²) < 4.78 is 1.76. The lowest BCUT2D eigenvalue weighted by Gasteiger charge is -2.18. The van der Waals surface area contributed by atoms with Gasteiger partial charge in [0.25, 0.3) is 0 Å². The van der Waals surface area contributed by atoms with E-state index < -0.39 is 109 Å². The number of phenols is 30. The average Bonchev–Trinajstić information content (AvgIpc) is 0.830. The maximum absolute atomic E-state index is 9.72. The van der Waals surface area contributed by atoms with Crippen molar-refractivity contribution in [3.05, 3.63) is 276 Å². The van der Waals surface area contributed by atoms with Crippen molar-refractivity contribution in [2.24, 2.45) is 0 Å². The van der Waals surface area contributed by atoms with E-state index in [0.29, 0.717) is 132 Å². The van der Waals surface area contributed by atoms with Crippen LogP contribution >= 0.6 is 165 Å². The summed E-state index contributed by atoms with van der Waals surface area (Å²) in [6.45, 7) is 4.50. The largest absolute Gasteiger partial charge is 0.504 e. The molecule has 34 N–H and O–H groups in total. The van der Waals surface area contributed by atoms with Crippen LogP contribution in [0.15, 0.2) is 204 Å². The third kappa shape index (κ3) is 34.6. The number of aromatic hydroxyl groups is 30. The van der Waals surface area contributed by atoms with Gasteiger partial charge < -0.3 is 184 Å². The van der Waals surface area contributed by atoms with E-state index in [-0.39, 0.29) is 93.4 Å². The monoisotopic (exact) mass is 2480 g/mol. The fourth-order valence-electron chi connectivity index (χ4n) is 12.1. The lowest BCUT2D eigenvalue weighted by molar-refractivity contribution is 0.364. The fraction of sp³-hybridized carbons (Fsp3) is 0.100. The van der Waals surface area contributed by atoms with Gasteiger partial charge in [-0.2, -0.15) is 0 Å². The molecule has 12 aromatic carbocycles. The van der Waals surface area contributed by atoms with Crippen molar-refractivity contribution < 1.29 is 153 Å². The lowest BCUT2D eigenvalue weighted by Crippen LogP contribution is -2.23. The topological polar surface area (TPSA) is 662 Å². The fourth-order valence-corrected chi connectivity index (χ4v) is 15.7. The minimum atomic E-state index is -0.583. The zero-order valence-electron chi connectivity index (χ0n) is 76.8. The summed E-state index contributed by atoms with van der Waals surface area (Å²) in [6, 6.07) is 33.1. The maximum Gasteiger partial charge on any atom is 0.200 e. The Balaban J connectivity index is 0.000000240. The van der Waals surface area contributed by atoms with Gasteiger partial charge in [-0.15, -0.1) is 0 Å². The van der Waals surface area contributed by atoms with Crippen molar-refractivity contribution in [2.45, 2.75) is 52.1 Å². The number of hydrogen-bond donors (Lipinski definition) is 34. The Morgan fingerprint density at radius 2 is 0.541 bits per heavy atom. The van der Waals surface area contributed by atoms with Gasteiger partial charge in [0.2, 0.25) is 5.75 Å². The third-order valence-electron chi connectivity index (χ3n) is 20.1. The SMILES string of the molecule is CC(NC(=S)/C=C/c1ccc(O)c(O)c1Br)c1cc(O)c(O)c(O)c1.CC(NC(=S)/C=C/c1ccc(O)c(O)c1Br)c1cc(O)c(O)c(O)c1.CN(Cc1cc(O)c(O)c(O)c1)C(=S)/C=C/c1cc(O)c(O)c(Br)c1.CN(Cc1cc(O)c(O)c(O)c1)C(=S)/C=C/c1cc(O)c(O)c(Br)c1.Oc1cc(/C=C/C(=S)NCc2ccc(O)c(O)c2O)cc(Br)c1O.Oc1cc(CNC(=S)/C=C/c2ccc(O)c(O)c2Cl)cc(O)c1O. The van der Waals surface area contributed by atoms with Crippen LogP contribution in [0, 0.1) is 0 Å². The van der Waals surface area contributed by atoms with E-state index in [9.17, 15) is 153 Å². The summed E-state index contributed by atoms with van der Waals surface area (Å²) >= 11 is 53.0. The first-order valence-electron chi connectivity index (χ1n) is 41.8. The molecule has 0 spiro atoms. The molecule has 0 saturated heterocycles. The van der Waals surface area contributed by atoms with Crippen molar-refractivity contribution in [3.8, 4) is 172 Å². The van der Waals surface area contributed by atoms with E-state index in [4.69, 9.17) is 84.9 Å². The first-order valence-corrected chi connectivity index (χ1v) is 48.6. The molecule has 148 heavy (non-hydrogen) atoms. The van der Waals surface area contributed by atoms with E-state index in [1.807, 2.05) is 0 Å². The third-order valence-corrected chi connectivity index (χ3v) is 25.9. The first-order chi connectivity index (χ1) is 69.4. The maximum atomic E-state index is 9.72. The predicted molar refractivity (Wildman–Crippen MR) is 600 cm³/mol. The molecule has 0 fully saturated rings. The van der Waals surface area contributed by atoms with Gasteiger partial charge in [0.1, 0.15) is 9.98 Å². The Labute approximate surface area is 922 Å². The molecule has 0 amide bonds. The zero-order valence-corrected chi connectivity index (χ0v) is 90.4. The van der Waals surface area contributed by atoms with Gasteiger partial charge in [-0.05, 0) is 337 Å². The second-order valence-corrected chi connectivity index (χ2v) is 38.2. The molecule has 48 heteroatoms. The summed E-state index contributed by atoms with van der Waals surface area (Å²) in [7, 11) is 3.47. The molecule has 0 radical (unpaired) electrons. The van der Waals surface area contributed by atoms with Gasteiger partial charge in [0, 0.05) is 57.9 Å². The van der Waals surface area contributed by atoms with Crippen molar-refractivity contribution in [1.82, 2.24) is 31.1 Å². The summed E-state index contributed by atoms with van der Waals surface area (Å²) in [6.07, 6.45) is 19.4. The Morgan fingerprint density at radius 1 is 0.277 bits per heavy atom. The van der Waals surface area contributed by atoms with Gasteiger partial charge in [-0.3, -0.25) is 0 Å². The molecular weight excluding hydrogens is 2390 g/mol. The Bertz CT molecular complexity index is 6760. The summed E-state index contributed by atoms with van der Waals surface area (Å²) in [4.78, 5) is 5.78. The first kappa shape index (κ1) is 120. The minimum absolute atomic E-state index is 0.00225. The number of hydrogen-bond acceptors (Lipinski definition) is 36.